The van der Waals surface area contributed by atoms with Gasteiger partial charge in [-0.15, -0.1) is 0 Å². The topological polar surface area (TPSA) is 92.9 Å². The van der Waals surface area contributed by atoms with Crippen LogP contribution in [0, 0.1) is 5.92 Å². The van der Waals surface area contributed by atoms with Crippen LogP contribution in [0.1, 0.15) is 20.3 Å². The highest BCUT2D eigenvalue weighted by molar-refractivity contribution is 5.99. The zero-order valence-electron chi connectivity index (χ0n) is 12.2. The molecule has 0 spiro atoms. The number of carbonyl (C=O) groups is 2. The van der Waals surface area contributed by atoms with Crippen LogP contribution in [-0.2, 0) is 9.59 Å². The fourth-order valence-corrected chi connectivity index (χ4v) is 2.38. The lowest BCUT2D eigenvalue weighted by Gasteiger charge is -2.34. The van der Waals surface area contributed by atoms with E-state index >= 15 is 0 Å². The van der Waals surface area contributed by atoms with Crippen molar-refractivity contribution < 1.29 is 19.4 Å². The molecule has 1 aliphatic heterocycles. The smallest absolute Gasteiger partial charge is 0.346 e. The summed E-state index contributed by atoms with van der Waals surface area (Å²) in [4.78, 5) is 25.1. The van der Waals surface area contributed by atoms with Gasteiger partial charge in [-0.25, -0.2) is 4.79 Å². The predicted molar refractivity (Wildman–Crippen MR) is 78.3 cm³/mol. The third kappa shape index (κ3) is 3.33. The van der Waals surface area contributed by atoms with E-state index in [9.17, 15) is 9.59 Å². The summed E-state index contributed by atoms with van der Waals surface area (Å²) >= 11 is 0. The summed E-state index contributed by atoms with van der Waals surface area (Å²) in [5.41, 5.74) is 6.52. The van der Waals surface area contributed by atoms with Gasteiger partial charge in [0, 0.05) is 0 Å². The van der Waals surface area contributed by atoms with Crippen molar-refractivity contribution in [2.75, 3.05) is 11.4 Å². The van der Waals surface area contributed by atoms with Crippen molar-refractivity contribution in [2.24, 2.45) is 11.7 Å². The standard InChI is InChI=1S/C15H20N2O4/c1-9(2)7-10(16)14(18)17-8-13(15(19)20)21-12-6-4-3-5-11(12)17/h3-6,9-10,13H,7-8,16H2,1-2H3,(H,19,20)/t10-,13?/m1/s1. The first-order valence-corrected chi connectivity index (χ1v) is 6.95. The molecule has 1 aliphatic rings. The van der Waals surface area contributed by atoms with Crippen LogP contribution in [0.3, 0.4) is 0 Å². The molecule has 114 valence electrons. The molecule has 0 fully saturated rings. The van der Waals surface area contributed by atoms with Crippen LogP contribution in [0.15, 0.2) is 24.3 Å². The maximum atomic E-state index is 12.5. The first kappa shape index (κ1) is 15.3. The summed E-state index contributed by atoms with van der Waals surface area (Å²) in [6.45, 7) is 3.94. The minimum Gasteiger partial charge on any atom is -0.478 e. The Labute approximate surface area is 123 Å². The lowest BCUT2D eigenvalue weighted by molar-refractivity contribution is -0.145. The Hall–Kier alpha value is -2.08. The third-order valence-electron chi connectivity index (χ3n) is 3.36. The van der Waals surface area contributed by atoms with Gasteiger partial charge in [0.2, 0.25) is 12.0 Å². The first-order chi connectivity index (χ1) is 9.90. The Balaban J connectivity index is 2.28. The molecule has 2 atom stereocenters. The van der Waals surface area contributed by atoms with Crippen LogP contribution < -0.4 is 15.4 Å². The fourth-order valence-electron chi connectivity index (χ4n) is 2.38. The molecule has 6 heteroatoms. The van der Waals surface area contributed by atoms with E-state index in [2.05, 4.69) is 0 Å². The van der Waals surface area contributed by atoms with Crippen molar-refractivity contribution >= 4 is 17.6 Å². The average Bonchev–Trinajstić information content (AvgIpc) is 2.44. The van der Waals surface area contributed by atoms with Crippen LogP contribution in [0.25, 0.3) is 0 Å². The van der Waals surface area contributed by atoms with E-state index in [1.165, 1.54) is 4.90 Å². The highest BCUT2D eigenvalue weighted by atomic mass is 16.5. The molecule has 1 aromatic carbocycles. The number of nitrogens with two attached hydrogens (primary N) is 1. The molecular weight excluding hydrogens is 272 g/mol. The molecule has 0 aliphatic carbocycles. The van der Waals surface area contributed by atoms with Gasteiger partial charge in [0.25, 0.3) is 0 Å². The zero-order valence-corrected chi connectivity index (χ0v) is 12.2. The summed E-state index contributed by atoms with van der Waals surface area (Å²) in [6, 6.07) is 6.24. The molecule has 1 aromatic rings. The molecule has 6 nitrogen and oxygen atoms in total. The molecule has 1 unspecified atom stereocenters. The van der Waals surface area contributed by atoms with E-state index in [0.717, 1.165) is 0 Å². The number of rotatable bonds is 4. The zero-order chi connectivity index (χ0) is 15.6. The second-order valence-corrected chi connectivity index (χ2v) is 5.60. The number of hydrogen-bond donors (Lipinski definition) is 2. The molecule has 1 amide bonds. The maximum absolute atomic E-state index is 12.5. The summed E-state index contributed by atoms with van der Waals surface area (Å²) in [5.74, 6) is -0.692. The summed E-state index contributed by atoms with van der Waals surface area (Å²) in [5, 5.41) is 9.15. The number of ether oxygens (including phenoxy) is 1. The first-order valence-electron chi connectivity index (χ1n) is 6.95. The van der Waals surface area contributed by atoms with Gasteiger partial charge in [-0.05, 0) is 24.5 Å². The molecule has 0 radical (unpaired) electrons. The summed E-state index contributed by atoms with van der Waals surface area (Å²) in [6.07, 6.45) is -0.522. The third-order valence-corrected chi connectivity index (χ3v) is 3.36. The van der Waals surface area contributed by atoms with E-state index in [1.54, 1.807) is 24.3 Å². The molecule has 0 saturated heterocycles. The van der Waals surface area contributed by atoms with Crippen LogP contribution in [-0.4, -0.2) is 35.7 Å². The van der Waals surface area contributed by atoms with Gasteiger partial charge >= 0.3 is 5.97 Å². The molecule has 1 heterocycles. The lowest BCUT2D eigenvalue weighted by atomic mass is 10.0. The predicted octanol–water partition coefficient (Wildman–Crippen LogP) is 1.24. The molecule has 3 N–H and O–H groups in total. The van der Waals surface area contributed by atoms with E-state index in [0.29, 0.717) is 17.9 Å². The van der Waals surface area contributed by atoms with E-state index in [4.69, 9.17) is 15.6 Å². The minimum absolute atomic E-state index is 0.0308. The number of carboxylic acid groups (broad SMARTS) is 1. The minimum atomic E-state index is -1.10. The Morgan fingerprint density at radius 1 is 1.43 bits per heavy atom. The van der Waals surface area contributed by atoms with Crippen LogP contribution in [0.4, 0.5) is 5.69 Å². The van der Waals surface area contributed by atoms with Gasteiger partial charge < -0.3 is 20.5 Å². The molecule has 0 saturated carbocycles. The second kappa shape index (κ2) is 6.13. The van der Waals surface area contributed by atoms with Gasteiger partial charge in [0.1, 0.15) is 5.75 Å². The summed E-state index contributed by atoms with van der Waals surface area (Å²) in [7, 11) is 0. The Morgan fingerprint density at radius 3 is 2.71 bits per heavy atom. The SMILES string of the molecule is CC(C)C[C@@H](N)C(=O)N1CC(C(=O)O)Oc2ccccc21. The van der Waals surface area contributed by atoms with E-state index in [-0.39, 0.29) is 18.4 Å². The number of para-hydroxylation sites is 2. The van der Waals surface area contributed by atoms with Crippen molar-refractivity contribution in [3.8, 4) is 5.75 Å². The number of benzene rings is 1. The molecule has 21 heavy (non-hydrogen) atoms. The monoisotopic (exact) mass is 292 g/mol. The normalized spacial score (nSPS) is 18.9. The van der Waals surface area contributed by atoms with Crippen LogP contribution >= 0.6 is 0 Å². The fraction of sp³-hybridized carbons (Fsp3) is 0.467. The molecule has 0 bridgehead atoms. The number of aliphatic carboxylic acids is 1. The van der Waals surface area contributed by atoms with Gasteiger partial charge in [-0.3, -0.25) is 4.79 Å². The summed E-state index contributed by atoms with van der Waals surface area (Å²) < 4.78 is 5.40. The van der Waals surface area contributed by atoms with Crippen LogP contribution in [0.5, 0.6) is 5.75 Å². The van der Waals surface area contributed by atoms with Crippen molar-refractivity contribution in [1.82, 2.24) is 0 Å². The maximum Gasteiger partial charge on any atom is 0.346 e. The van der Waals surface area contributed by atoms with Gasteiger partial charge in [0.15, 0.2) is 0 Å². The largest absolute Gasteiger partial charge is 0.478 e. The average molecular weight is 292 g/mol. The highest BCUT2D eigenvalue weighted by Crippen LogP contribution is 2.33. The van der Waals surface area contributed by atoms with E-state index < -0.39 is 18.1 Å². The van der Waals surface area contributed by atoms with Gasteiger partial charge in [0.05, 0.1) is 18.3 Å². The Kier molecular flexibility index (Phi) is 4.47. The Bertz CT molecular complexity index is 544. The Morgan fingerprint density at radius 2 is 2.10 bits per heavy atom. The van der Waals surface area contributed by atoms with Crippen molar-refractivity contribution in [3.05, 3.63) is 24.3 Å². The number of nitrogens with zero attached hydrogens (tertiary/aromatic N) is 1. The number of fused-ring (bicyclic) bond motifs is 1. The number of carboxylic acids is 1. The molecule has 0 aromatic heterocycles. The number of carbonyl (C=O) groups excluding carboxylic acids is 1. The van der Waals surface area contributed by atoms with Crippen LogP contribution in [0.2, 0.25) is 0 Å². The number of anilines is 1. The van der Waals surface area contributed by atoms with Crippen molar-refractivity contribution in [2.45, 2.75) is 32.4 Å². The molecule has 2 rings (SSSR count). The van der Waals surface area contributed by atoms with Crippen molar-refractivity contribution in [1.29, 1.82) is 0 Å². The van der Waals surface area contributed by atoms with Gasteiger partial charge in [-0.1, -0.05) is 26.0 Å². The second-order valence-electron chi connectivity index (χ2n) is 5.60. The highest BCUT2D eigenvalue weighted by Gasteiger charge is 2.35. The number of amides is 1. The van der Waals surface area contributed by atoms with E-state index in [1.807, 2.05) is 13.8 Å². The quantitative estimate of drug-likeness (QED) is 0.871. The van der Waals surface area contributed by atoms with Gasteiger partial charge in [-0.2, -0.15) is 0 Å². The molecular formula is C15H20N2O4. The number of hydrogen-bond acceptors (Lipinski definition) is 4. The lowest BCUT2D eigenvalue weighted by Crippen LogP contribution is -2.52. The van der Waals surface area contributed by atoms with Crippen molar-refractivity contribution in [3.63, 3.8) is 0 Å².